The lowest BCUT2D eigenvalue weighted by Crippen LogP contribution is -1.80. The Hall–Kier alpha value is -3.00. The standard InChI is InChI=1S/C34H30N6S6/c1-3-5-7-9-19-15-27-29(41-19)17-25(43-27)21-11-13-23(33-31(21)37-45-39-33)35-36-24-14-12-22(32-34(24)40-46-38-32)26-18-30-28(44-26)16-20(42-30)10-8-6-4-2/h11-18H,3-10H2,1-2H3/b36-35+. The number of unbranched alkanes of at least 4 members (excludes halogenated alkanes) is 4. The molecule has 0 aliphatic carbocycles. The number of rotatable bonds is 12. The second-order valence-electron chi connectivity index (χ2n) is 11.4. The van der Waals surface area contributed by atoms with Crippen LogP contribution in [0.1, 0.15) is 62.1 Å². The van der Waals surface area contributed by atoms with Crippen LogP contribution in [0, 0.1) is 0 Å². The van der Waals surface area contributed by atoms with Crippen molar-refractivity contribution in [3.05, 3.63) is 58.3 Å². The largest absolute Gasteiger partial charge is 0.172 e. The summed E-state index contributed by atoms with van der Waals surface area (Å²) in [5.41, 5.74) is 6.92. The first kappa shape index (κ1) is 30.3. The van der Waals surface area contributed by atoms with Gasteiger partial charge in [-0.3, -0.25) is 0 Å². The third kappa shape index (κ3) is 5.84. The summed E-state index contributed by atoms with van der Waals surface area (Å²) < 4.78 is 24.0. The van der Waals surface area contributed by atoms with Gasteiger partial charge in [0.05, 0.1) is 23.5 Å². The Morgan fingerprint density at radius 3 is 1.37 bits per heavy atom. The molecule has 2 aromatic carbocycles. The van der Waals surface area contributed by atoms with Gasteiger partial charge in [-0.05, 0) is 74.2 Å². The fourth-order valence-electron chi connectivity index (χ4n) is 5.76. The van der Waals surface area contributed by atoms with Crippen LogP contribution in [0.25, 0.3) is 61.7 Å². The van der Waals surface area contributed by atoms with Gasteiger partial charge in [0.1, 0.15) is 33.4 Å². The van der Waals surface area contributed by atoms with Crippen molar-refractivity contribution in [2.45, 2.75) is 65.2 Å². The van der Waals surface area contributed by atoms with E-state index in [9.17, 15) is 0 Å². The number of thiophene rings is 4. The van der Waals surface area contributed by atoms with Crippen LogP contribution in [-0.2, 0) is 12.8 Å². The summed E-state index contributed by atoms with van der Waals surface area (Å²) in [6.07, 6.45) is 9.97. The number of hydrogen-bond donors (Lipinski definition) is 0. The van der Waals surface area contributed by atoms with Gasteiger partial charge in [-0.15, -0.1) is 55.6 Å². The molecule has 8 rings (SSSR count). The fourth-order valence-corrected chi connectivity index (χ4v) is 11.9. The van der Waals surface area contributed by atoms with Gasteiger partial charge in [0, 0.05) is 49.4 Å². The van der Waals surface area contributed by atoms with E-state index in [1.165, 1.54) is 113 Å². The van der Waals surface area contributed by atoms with E-state index in [1.54, 1.807) is 0 Å². The summed E-state index contributed by atoms with van der Waals surface area (Å²) in [6, 6.07) is 17.6. The van der Waals surface area contributed by atoms with Crippen molar-refractivity contribution in [2.24, 2.45) is 10.2 Å². The fraction of sp³-hybridized carbons (Fsp3) is 0.294. The maximum atomic E-state index is 4.68. The zero-order chi connectivity index (χ0) is 31.0. The van der Waals surface area contributed by atoms with Gasteiger partial charge in [0.2, 0.25) is 0 Å². The van der Waals surface area contributed by atoms with Gasteiger partial charge in [-0.2, -0.15) is 17.5 Å². The van der Waals surface area contributed by atoms with Crippen LogP contribution in [-0.4, -0.2) is 17.5 Å². The number of aromatic nitrogens is 4. The van der Waals surface area contributed by atoms with Crippen LogP contribution in [0.2, 0.25) is 0 Å². The van der Waals surface area contributed by atoms with Crippen molar-refractivity contribution >= 4 is 121 Å². The molecule has 0 spiro atoms. The highest BCUT2D eigenvalue weighted by molar-refractivity contribution is 7.30. The molecule has 0 N–H and O–H groups in total. The second kappa shape index (κ2) is 13.2. The van der Waals surface area contributed by atoms with E-state index in [-0.39, 0.29) is 0 Å². The Balaban J connectivity index is 1.05. The maximum absolute atomic E-state index is 4.68. The molecule has 0 aliphatic rings. The molecule has 6 aromatic heterocycles. The molecule has 0 bridgehead atoms. The number of hydrogen-bond acceptors (Lipinski definition) is 12. The molecule has 0 atom stereocenters. The highest BCUT2D eigenvalue weighted by atomic mass is 32.1. The third-order valence-corrected chi connectivity index (χ3v) is 14.0. The molecule has 0 saturated carbocycles. The molecule has 6 heterocycles. The first-order valence-corrected chi connectivity index (χ1v) is 20.4. The SMILES string of the molecule is CCCCCc1cc2sc(-c3ccc(/N=N/c4ccc(-c5cc6sc(CCCCC)cc6s5)c5nsnc45)c4nsnc34)cc2s1. The van der Waals surface area contributed by atoms with Gasteiger partial charge in [-0.1, -0.05) is 39.5 Å². The van der Waals surface area contributed by atoms with Crippen LogP contribution >= 0.6 is 68.8 Å². The Morgan fingerprint density at radius 1 is 0.500 bits per heavy atom. The van der Waals surface area contributed by atoms with E-state index >= 15 is 0 Å². The van der Waals surface area contributed by atoms with Crippen LogP contribution in [0.15, 0.2) is 58.8 Å². The quantitative estimate of drug-likeness (QED) is 0.0932. The topological polar surface area (TPSA) is 76.3 Å². The molecule has 12 heteroatoms. The highest BCUT2D eigenvalue weighted by Crippen LogP contribution is 2.44. The number of fused-ring (bicyclic) bond motifs is 4. The minimum absolute atomic E-state index is 0.706. The van der Waals surface area contributed by atoms with Gasteiger partial charge >= 0.3 is 0 Å². The summed E-state index contributed by atoms with van der Waals surface area (Å²) in [6.45, 7) is 4.51. The Morgan fingerprint density at radius 2 is 0.935 bits per heavy atom. The minimum atomic E-state index is 0.706. The smallest absolute Gasteiger partial charge is 0.132 e. The van der Waals surface area contributed by atoms with E-state index in [4.69, 9.17) is 0 Å². The van der Waals surface area contributed by atoms with Crippen molar-refractivity contribution in [3.63, 3.8) is 0 Å². The Kier molecular flexibility index (Phi) is 8.74. The Labute approximate surface area is 291 Å². The van der Waals surface area contributed by atoms with E-state index in [1.807, 2.05) is 57.5 Å². The number of benzene rings is 2. The number of nitrogens with zero attached hydrogens (tertiary/aromatic N) is 6. The van der Waals surface area contributed by atoms with E-state index < -0.39 is 0 Å². The van der Waals surface area contributed by atoms with Crippen molar-refractivity contribution in [1.29, 1.82) is 0 Å². The average molecular weight is 715 g/mol. The third-order valence-electron chi connectivity index (χ3n) is 8.15. The maximum Gasteiger partial charge on any atom is 0.132 e. The molecular weight excluding hydrogens is 685 g/mol. The molecule has 46 heavy (non-hydrogen) atoms. The molecule has 0 unspecified atom stereocenters. The molecule has 0 saturated heterocycles. The summed E-state index contributed by atoms with van der Waals surface area (Å²) in [4.78, 5) is 5.40. The van der Waals surface area contributed by atoms with E-state index in [0.29, 0.717) is 11.4 Å². The molecule has 0 aliphatic heterocycles. The van der Waals surface area contributed by atoms with Crippen molar-refractivity contribution in [3.8, 4) is 20.9 Å². The van der Waals surface area contributed by atoms with E-state index in [0.717, 1.165) is 33.2 Å². The van der Waals surface area contributed by atoms with Gasteiger partial charge in [-0.25, -0.2) is 0 Å². The monoisotopic (exact) mass is 714 g/mol. The van der Waals surface area contributed by atoms with Gasteiger partial charge in [0.15, 0.2) is 0 Å². The number of azo groups is 1. The molecule has 0 fully saturated rings. The van der Waals surface area contributed by atoms with Crippen LogP contribution < -0.4 is 0 Å². The first-order chi connectivity index (χ1) is 22.7. The van der Waals surface area contributed by atoms with Crippen LogP contribution in [0.5, 0.6) is 0 Å². The zero-order valence-electron chi connectivity index (χ0n) is 25.4. The molecule has 232 valence electrons. The molecule has 8 aromatic rings. The van der Waals surface area contributed by atoms with Crippen molar-refractivity contribution in [1.82, 2.24) is 17.5 Å². The minimum Gasteiger partial charge on any atom is -0.172 e. The predicted octanol–water partition coefficient (Wildman–Crippen LogP) is 13.5. The normalized spacial score (nSPS) is 12.3. The van der Waals surface area contributed by atoms with E-state index in [2.05, 4.69) is 78.0 Å². The van der Waals surface area contributed by atoms with Crippen LogP contribution in [0.4, 0.5) is 11.4 Å². The lowest BCUT2D eigenvalue weighted by atomic mass is 10.1. The van der Waals surface area contributed by atoms with Crippen molar-refractivity contribution in [2.75, 3.05) is 0 Å². The van der Waals surface area contributed by atoms with Gasteiger partial charge in [0.25, 0.3) is 0 Å². The summed E-state index contributed by atoms with van der Waals surface area (Å²) in [7, 11) is 0. The number of aryl methyl sites for hydroxylation is 2. The molecule has 0 amide bonds. The van der Waals surface area contributed by atoms with Crippen LogP contribution in [0.3, 0.4) is 0 Å². The average Bonchev–Trinajstić information content (AvgIpc) is 3.89. The van der Waals surface area contributed by atoms with Crippen molar-refractivity contribution < 1.29 is 0 Å². The summed E-state index contributed by atoms with van der Waals surface area (Å²) in [5, 5.41) is 9.33. The predicted molar refractivity (Wildman–Crippen MR) is 203 cm³/mol. The summed E-state index contributed by atoms with van der Waals surface area (Å²) in [5.74, 6) is 0. The molecule has 6 nitrogen and oxygen atoms in total. The molecule has 0 radical (unpaired) electrons. The highest BCUT2D eigenvalue weighted by Gasteiger charge is 2.18. The Bertz CT molecular complexity index is 2100. The lowest BCUT2D eigenvalue weighted by Gasteiger charge is -2.02. The zero-order valence-corrected chi connectivity index (χ0v) is 30.3. The summed E-state index contributed by atoms with van der Waals surface area (Å²) >= 11 is 9.94. The lowest BCUT2D eigenvalue weighted by molar-refractivity contribution is 0.723. The second-order valence-corrected chi connectivity index (χ2v) is 17.0. The molecular formula is C34H30N6S6. The van der Waals surface area contributed by atoms with Gasteiger partial charge < -0.3 is 0 Å². The first-order valence-electron chi connectivity index (χ1n) is 15.7.